The molecule has 1 amide bonds. The van der Waals surface area contributed by atoms with Gasteiger partial charge in [0.1, 0.15) is 11.3 Å². The van der Waals surface area contributed by atoms with Crippen molar-refractivity contribution in [1.82, 2.24) is 14.5 Å². The molecule has 0 radical (unpaired) electrons. The molecule has 0 spiro atoms. The Bertz CT molecular complexity index is 1160. The zero-order valence-electron chi connectivity index (χ0n) is 17.5. The second kappa shape index (κ2) is 7.73. The SMILES string of the molecule is Cc1c(C(=O)N2CCC(O)C2C)cn2nccc(Oc3ccc(NC4CC4)c(Cl)c3)c12. The number of anilines is 1. The van der Waals surface area contributed by atoms with Crippen molar-refractivity contribution in [2.45, 2.75) is 51.3 Å². The third-order valence-electron chi connectivity index (χ3n) is 6.20. The molecule has 2 aromatic heterocycles. The number of rotatable bonds is 5. The maximum Gasteiger partial charge on any atom is 0.256 e. The monoisotopic (exact) mass is 440 g/mol. The maximum atomic E-state index is 13.1. The van der Waals surface area contributed by atoms with Gasteiger partial charge in [-0.15, -0.1) is 0 Å². The largest absolute Gasteiger partial charge is 0.455 e. The van der Waals surface area contributed by atoms with Gasteiger partial charge in [0.05, 0.1) is 34.6 Å². The van der Waals surface area contributed by atoms with Crippen molar-refractivity contribution in [2.75, 3.05) is 11.9 Å². The molecule has 162 valence electrons. The van der Waals surface area contributed by atoms with Gasteiger partial charge in [0.25, 0.3) is 5.91 Å². The summed E-state index contributed by atoms with van der Waals surface area (Å²) in [6, 6.07) is 7.69. The van der Waals surface area contributed by atoms with Gasteiger partial charge in [-0.05, 0) is 50.8 Å². The number of hydrogen-bond acceptors (Lipinski definition) is 5. The number of aromatic nitrogens is 2. The predicted molar refractivity (Wildman–Crippen MR) is 119 cm³/mol. The van der Waals surface area contributed by atoms with E-state index in [1.165, 1.54) is 12.8 Å². The minimum atomic E-state index is -0.486. The molecule has 3 aromatic rings. The normalized spacial score (nSPS) is 21.0. The number of fused-ring (bicyclic) bond motifs is 1. The van der Waals surface area contributed by atoms with Crippen molar-refractivity contribution in [3.63, 3.8) is 0 Å². The molecular weight excluding hydrogens is 416 g/mol. The molecule has 1 aliphatic carbocycles. The number of aryl methyl sites for hydroxylation is 1. The molecule has 3 heterocycles. The Labute approximate surface area is 185 Å². The first kappa shape index (κ1) is 20.2. The summed E-state index contributed by atoms with van der Waals surface area (Å²) in [5.41, 5.74) is 2.99. The number of hydrogen-bond donors (Lipinski definition) is 2. The van der Waals surface area contributed by atoms with E-state index >= 15 is 0 Å². The number of aliphatic hydroxyl groups excluding tert-OH is 1. The van der Waals surface area contributed by atoms with Crippen LogP contribution in [0.3, 0.4) is 0 Å². The molecule has 2 unspecified atom stereocenters. The molecule has 1 aliphatic heterocycles. The molecule has 8 heteroatoms. The fourth-order valence-electron chi connectivity index (χ4n) is 4.14. The average molecular weight is 441 g/mol. The van der Waals surface area contributed by atoms with Gasteiger partial charge >= 0.3 is 0 Å². The van der Waals surface area contributed by atoms with Gasteiger partial charge in [0, 0.05) is 30.9 Å². The fraction of sp³-hybridized carbons (Fsp3) is 0.391. The zero-order chi connectivity index (χ0) is 21.7. The van der Waals surface area contributed by atoms with Gasteiger partial charge in [-0.3, -0.25) is 4.79 Å². The molecule has 2 N–H and O–H groups in total. The number of nitrogens with zero attached hydrogens (tertiary/aromatic N) is 3. The number of amides is 1. The van der Waals surface area contributed by atoms with Crippen LogP contribution in [0.25, 0.3) is 5.52 Å². The van der Waals surface area contributed by atoms with Gasteiger partial charge in [-0.25, -0.2) is 4.52 Å². The Morgan fingerprint density at radius 2 is 2.10 bits per heavy atom. The Morgan fingerprint density at radius 1 is 1.29 bits per heavy atom. The number of halogens is 1. The van der Waals surface area contributed by atoms with Crippen LogP contribution in [0.15, 0.2) is 36.7 Å². The lowest BCUT2D eigenvalue weighted by Crippen LogP contribution is -2.37. The molecule has 31 heavy (non-hydrogen) atoms. The summed E-state index contributed by atoms with van der Waals surface area (Å²) >= 11 is 6.43. The Hall–Kier alpha value is -2.77. The topological polar surface area (TPSA) is 79.1 Å². The van der Waals surface area contributed by atoms with E-state index in [2.05, 4.69) is 10.4 Å². The molecule has 0 bridgehead atoms. The van der Waals surface area contributed by atoms with Crippen molar-refractivity contribution >= 4 is 28.7 Å². The number of carbonyl (C=O) groups excluding carboxylic acids is 1. The highest BCUT2D eigenvalue weighted by atomic mass is 35.5. The van der Waals surface area contributed by atoms with E-state index in [0.717, 1.165) is 16.8 Å². The van der Waals surface area contributed by atoms with E-state index in [9.17, 15) is 9.90 Å². The van der Waals surface area contributed by atoms with E-state index in [-0.39, 0.29) is 11.9 Å². The summed E-state index contributed by atoms with van der Waals surface area (Å²) in [5.74, 6) is 1.11. The molecule has 1 aromatic carbocycles. The van der Waals surface area contributed by atoms with Crippen molar-refractivity contribution in [3.8, 4) is 11.5 Å². The van der Waals surface area contributed by atoms with E-state index < -0.39 is 6.10 Å². The van der Waals surface area contributed by atoms with E-state index in [1.807, 2.05) is 26.0 Å². The minimum absolute atomic E-state index is 0.100. The molecule has 2 aliphatic rings. The van der Waals surface area contributed by atoms with E-state index in [4.69, 9.17) is 16.3 Å². The Morgan fingerprint density at radius 3 is 2.77 bits per heavy atom. The van der Waals surface area contributed by atoms with Crippen molar-refractivity contribution in [1.29, 1.82) is 0 Å². The van der Waals surface area contributed by atoms with Crippen LogP contribution in [0.2, 0.25) is 5.02 Å². The lowest BCUT2D eigenvalue weighted by molar-refractivity contribution is 0.0667. The molecule has 5 rings (SSSR count). The van der Waals surface area contributed by atoms with Crippen LogP contribution < -0.4 is 10.1 Å². The average Bonchev–Trinajstić information content (AvgIpc) is 3.42. The van der Waals surface area contributed by atoms with Crippen molar-refractivity contribution in [2.24, 2.45) is 0 Å². The second-order valence-corrected chi connectivity index (χ2v) is 8.82. The molecule has 2 fully saturated rings. The number of carbonyl (C=O) groups is 1. The number of ether oxygens (including phenoxy) is 1. The summed E-state index contributed by atoms with van der Waals surface area (Å²) in [7, 11) is 0. The summed E-state index contributed by atoms with van der Waals surface area (Å²) in [6.45, 7) is 4.31. The lowest BCUT2D eigenvalue weighted by Gasteiger charge is -2.22. The third-order valence-corrected chi connectivity index (χ3v) is 6.51. The van der Waals surface area contributed by atoms with Crippen LogP contribution in [0, 0.1) is 6.92 Å². The zero-order valence-corrected chi connectivity index (χ0v) is 18.3. The first-order chi connectivity index (χ1) is 14.9. The standard InChI is InChI=1S/C23H25ClN4O3/c1-13-17(23(30)27-10-8-20(29)14(27)2)12-28-22(13)21(7-9-25-28)31-16-5-6-19(18(24)11-16)26-15-3-4-15/h5-7,9,11-12,14-15,20,26,29H,3-4,8,10H2,1-2H3. The fourth-order valence-corrected chi connectivity index (χ4v) is 4.36. The number of benzene rings is 1. The molecular formula is C23H25ClN4O3. The van der Waals surface area contributed by atoms with Gasteiger partial charge in [-0.1, -0.05) is 11.6 Å². The first-order valence-corrected chi connectivity index (χ1v) is 11.0. The highest BCUT2D eigenvalue weighted by molar-refractivity contribution is 6.33. The summed E-state index contributed by atoms with van der Waals surface area (Å²) in [6.07, 6.45) is 5.83. The van der Waals surface area contributed by atoms with E-state index in [0.29, 0.717) is 41.1 Å². The number of aliphatic hydroxyl groups is 1. The van der Waals surface area contributed by atoms with Crippen LogP contribution in [-0.4, -0.2) is 50.3 Å². The summed E-state index contributed by atoms with van der Waals surface area (Å²) < 4.78 is 7.81. The highest BCUT2D eigenvalue weighted by Gasteiger charge is 2.34. The van der Waals surface area contributed by atoms with Crippen LogP contribution >= 0.6 is 11.6 Å². The first-order valence-electron chi connectivity index (χ1n) is 10.6. The maximum absolute atomic E-state index is 13.1. The van der Waals surface area contributed by atoms with Gasteiger partial charge in [-0.2, -0.15) is 5.10 Å². The molecule has 7 nitrogen and oxygen atoms in total. The van der Waals surface area contributed by atoms with E-state index in [1.54, 1.807) is 33.9 Å². The van der Waals surface area contributed by atoms with Crippen molar-refractivity contribution < 1.29 is 14.6 Å². The van der Waals surface area contributed by atoms with Crippen LogP contribution in [0.1, 0.15) is 42.1 Å². The third kappa shape index (κ3) is 3.72. The van der Waals surface area contributed by atoms with Crippen LogP contribution in [0.5, 0.6) is 11.5 Å². The second-order valence-electron chi connectivity index (χ2n) is 8.41. The number of nitrogens with one attached hydrogen (secondary N) is 1. The Balaban J connectivity index is 1.45. The summed E-state index contributed by atoms with van der Waals surface area (Å²) in [5, 5.41) is 18.4. The summed E-state index contributed by atoms with van der Waals surface area (Å²) in [4.78, 5) is 14.9. The Kier molecular flexibility index (Phi) is 5.02. The highest BCUT2D eigenvalue weighted by Crippen LogP contribution is 2.35. The van der Waals surface area contributed by atoms with Gasteiger partial charge in [0.15, 0.2) is 5.75 Å². The van der Waals surface area contributed by atoms with Gasteiger partial charge in [0.2, 0.25) is 0 Å². The quantitative estimate of drug-likeness (QED) is 0.619. The predicted octanol–water partition coefficient (Wildman–Crippen LogP) is 4.26. The molecule has 1 saturated heterocycles. The van der Waals surface area contributed by atoms with Crippen molar-refractivity contribution in [3.05, 3.63) is 52.8 Å². The number of likely N-dealkylation sites (tertiary alicyclic amines) is 1. The van der Waals surface area contributed by atoms with Crippen LogP contribution in [0.4, 0.5) is 5.69 Å². The molecule has 2 atom stereocenters. The van der Waals surface area contributed by atoms with Gasteiger partial charge < -0.3 is 20.1 Å². The lowest BCUT2D eigenvalue weighted by atomic mass is 10.1. The van der Waals surface area contributed by atoms with Crippen LogP contribution in [-0.2, 0) is 0 Å². The smallest absolute Gasteiger partial charge is 0.256 e. The molecule has 1 saturated carbocycles. The minimum Gasteiger partial charge on any atom is -0.455 e.